The molecule has 9 nitrogen and oxygen atoms in total. The van der Waals surface area contributed by atoms with Gasteiger partial charge >= 0.3 is 12.2 Å². The van der Waals surface area contributed by atoms with E-state index in [4.69, 9.17) is 0 Å². The van der Waals surface area contributed by atoms with Gasteiger partial charge in [-0.3, -0.25) is 14.6 Å². The molecule has 2 atom stereocenters. The standard InChI is InChI=1S/C33H30N2O7/c36-29-25-13-11-23(19-34(32(39)40)17-21-7-3-1-4-8-21)15-27(25)30(37)31(38)28-16-24(12-14-26(28)29)20-35(33(41)42)18-22-9-5-2-6-10-22/h1-16,30-31,37-38H,17-20H2,(H,39,40)(H,41,42)/t30-,31-/m0/s1. The lowest BCUT2D eigenvalue weighted by Crippen LogP contribution is -2.28. The zero-order valence-electron chi connectivity index (χ0n) is 22.6. The summed E-state index contributed by atoms with van der Waals surface area (Å²) in [4.78, 5) is 39.9. The molecule has 1 aliphatic rings. The molecule has 0 spiro atoms. The Morgan fingerprint density at radius 1 is 0.548 bits per heavy atom. The van der Waals surface area contributed by atoms with Gasteiger partial charge in [0.1, 0.15) is 12.2 Å². The Morgan fingerprint density at radius 2 is 0.905 bits per heavy atom. The summed E-state index contributed by atoms with van der Waals surface area (Å²) in [5.74, 6) is -0.396. The van der Waals surface area contributed by atoms with Gasteiger partial charge in [-0.1, -0.05) is 97.1 Å². The molecule has 0 bridgehead atoms. The normalized spacial score (nSPS) is 15.7. The lowest BCUT2D eigenvalue weighted by atomic mass is 9.95. The fourth-order valence-corrected chi connectivity index (χ4v) is 5.24. The number of rotatable bonds is 8. The largest absolute Gasteiger partial charge is 0.465 e. The number of carboxylic acid groups (broad SMARTS) is 2. The molecular weight excluding hydrogens is 536 g/mol. The first-order valence-corrected chi connectivity index (χ1v) is 13.4. The predicted molar refractivity (Wildman–Crippen MR) is 154 cm³/mol. The van der Waals surface area contributed by atoms with Crippen LogP contribution in [-0.4, -0.2) is 48.2 Å². The number of aliphatic hydroxyl groups is 2. The van der Waals surface area contributed by atoms with Crippen LogP contribution in [0.4, 0.5) is 9.59 Å². The maximum atomic E-state index is 13.6. The van der Waals surface area contributed by atoms with E-state index < -0.39 is 30.2 Å². The maximum absolute atomic E-state index is 13.6. The number of hydrogen-bond acceptors (Lipinski definition) is 5. The van der Waals surface area contributed by atoms with E-state index >= 15 is 0 Å². The molecule has 9 heteroatoms. The number of amides is 2. The van der Waals surface area contributed by atoms with Crippen molar-refractivity contribution in [1.82, 2.24) is 9.80 Å². The third-order valence-electron chi connectivity index (χ3n) is 7.38. The Bertz CT molecular complexity index is 1490. The molecule has 4 aromatic carbocycles. The number of benzene rings is 4. The highest BCUT2D eigenvalue weighted by atomic mass is 16.4. The van der Waals surface area contributed by atoms with Crippen molar-refractivity contribution in [1.29, 1.82) is 0 Å². The number of nitrogens with zero attached hydrogens (tertiary/aromatic N) is 2. The van der Waals surface area contributed by atoms with Gasteiger partial charge in [0.15, 0.2) is 5.78 Å². The van der Waals surface area contributed by atoms with E-state index in [2.05, 4.69) is 0 Å². The predicted octanol–water partition coefficient (Wildman–Crippen LogP) is 5.36. The van der Waals surface area contributed by atoms with Crippen molar-refractivity contribution in [2.24, 2.45) is 0 Å². The lowest BCUT2D eigenvalue weighted by molar-refractivity contribution is 0.0175. The third-order valence-corrected chi connectivity index (χ3v) is 7.38. The van der Waals surface area contributed by atoms with Crippen molar-refractivity contribution in [2.45, 2.75) is 38.4 Å². The van der Waals surface area contributed by atoms with Crippen LogP contribution in [0.1, 0.15) is 61.5 Å². The summed E-state index contributed by atoms with van der Waals surface area (Å²) in [7, 11) is 0. The molecule has 0 unspecified atom stereocenters. The van der Waals surface area contributed by atoms with Crippen molar-refractivity contribution in [3.05, 3.63) is 142 Å². The van der Waals surface area contributed by atoms with Crippen LogP contribution in [0.5, 0.6) is 0 Å². The number of fused-ring (bicyclic) bond motifs is 2. The molecule has 0 aromatic heterocycles. The number of carbonyl (C=O) groups excluding carboxylic acids is 1. The SMILES string of the molecule is O=C1c2ccc(CN(Cc3ccccc3)C(=O)O)cc2[C@H](O)[C@@H](O)c2cc(CN(Cc3ccccc3)C(=O)O)ccc21. The van der Waals surface area contributed by atoms with Gasteiger partial charge in [-0.05, 0) is 33.4 Å². The van der Waals surface area contributed by atoms with Crippen LogP contribution in [0, 0.1) is 0 Å². The van der Waals surface area contributed by atoms with E-state index in [1.165, 1.54) is 9.80 Å². The minimum atomic E-state index is -1.47. The fourth-order valence-electron chi connectivity index (χ4n) is 5.24. The minimum Gasteiger partial charge on any atom is -0.465 e. The number of aliphatic hydroxyl groups excluding tert-OH is 2. The first-order chi connectivity index (χ1) is 20.2. The van der Waals surface area contributed by atoms with Gasteiger partial charge in [-0.25, -0.2) is 9.59 Å². The van der Waals surface area contributed by atoms with Crippen molar-refractivity contribution in [3.8, 4) is 0 Å². The van der Waals surface area contributed by atoms with E-state index in [1.54, 1.807) is 36.4 Å². The fraction of sp³-hybridized carbons (Fsp3) is 0.182. The third kappa shape index (κ3) is 6.17. The van der Waals surface area contributed by atoms with E-state index in [1.807, 2.05) is 60.7 Å². The minimum absolute atomic E-state index is 0.0120. The van der Waals surface area contributed by atoms with Crippen molar-refractivity contribution < 1.29 is 34.8 Å². The van der Waals surface area contributed by atoms with E-state index in [9.17, 15) is 34.8 Å². The maximum Gasteiger partial charge on any atom is 0.407 e. The van der Waals surface area contributed by atoms with Crippen LogP contribution in [-0.2, 0) is 26.2 Å². The Labute approximate surface area is 242 Å². The monoisotopic (exact) mass is 566 g/mol. The quantitative estimate of drug-likeness (QED) is 0.225. The van der Waals surface area contributed by atoms with Gasteiger partial charge < -0.3 is 20.4 Å². The molecule has 0 saturated carbocycles. The van der Waals surface area contributed by atoms with Crippen LogP contribution in [0.2, 0.25) is 0 Å². The van der Waals surface area contributed by atoms with Crippen LogP contribution in [0.25, 0.3) is 0 Å². The van der Waals surface area contributed by atoms with Gasteiger partial charge in [0.25, 0.3) is 0 Å². The molecule has 1 aliphatic carbocycles. The first-order valence-electron chi connectivity index (χ1n) is 13.4. The van der Waals surface area contributed by atoms with Gasteiger partial charge in [-0.15, -0.1) is 0 Å². The molecule has 0 radical (unpaired) electrons. The van der Waals surface area contributed by atoms with Gasteiger partial charge in [0, 0.05) is 37.3 Å². The average Bonchev–Trinajstić information content (AvgIpc) is 3.06. The molecule has 5 rings (SSSR count). The van der Waals surface area contributed by atoms with Crippen LogP contribution >= 0.6 is 0 Å². The summed E-state index contributed by atoms with van der Waals surface area (Å²) >= 11 is 0. The smallest absolute Gasteiger partial charge is 0.407 e. The summed E-state index contributed by atoms with van der Waals surface area (Å²) in [6.07, 6.45) is -5.17. The molecule has 4 aromatic rings. The second kappa shape index (κ2) is 12.3. The molecule has 0 aliphatic heterocycles. The summed E-state index contributed by atoms with van der Waals surface area (Å²) in [5.41, 5.74) is 3.55. The summed E-state index contributed by atoms with van der Waals surface area (Å²) < 4.78 is 0. The first kappa shape index (κ1) is 28.5. The highest BCUT2D eigenvalue weighted by molar-refractivity contribution is 6.11. The molecular formula is C33H30N2O7. The molecule has 214 valence electrons. The number of carbonyl (C=O) groups is 3. The highest BCUT2D eigenvalue weighted by Crippen LogP contribution is 2.39. The Morgan fingerprint density at radius 3 is 1.26 bits per heavy atom. The van der Waals surface area contributed by atoms with Gasteiger partial charge in [0.2, 0.25) is 0 Å². The molecule has 2 amide bonds. The Kier molecular flexibility index (Phi) is 8.33. The molecule has 42 heavy (non-hydrogen) atoms. The summed E-state index contributed by atoms with van der Waals surface area (Å²) in [6, 6.07) is 27.8. The van der Waals surface area contributed by atoms with Crippen LogP contribution < -0.4 is 0 Å². The van der Waals surface area contributed by atoms with Gasteiger partial charge in [-0.2, -0.15) is 0 Å². The Hall–Kier alpha value is -4.99. The number of ketones is 1. The Balaban J connectivity index is 1.40. The number of hydrogen-bond donors (Lipinski definition) is 4. The lowest BCUT2D eigenvalue weighted by Gasteiger charge is -2.22. The van der Waals surface area contributed by atoms with Crippen LogP contribution in [0.3, 0.4) is 0 Å². The zero-order chi connectivity index (χ0) is 29.8. The second-order valence-corrected chi connectivity index (χ2v) is 10.3. The molecule has 0 heterocycles. The summed E-state index contributed by atoms with van der Waals surface area (Å²) in [6.45, 7) is 0.336. The van der Waals surface area contributed by atoms with Crippen molar-refractivity contribution >= 4 is 18.0 Å². The molecule has 0 fully saturated rings. The van der Waals surface area contributed by atoms with Crippen LogP contribution in [0.15, 0.2) is 97.1 Å². The van der Waals surface area contributed by atoms with Crippen molar-refractivity contribution in [3.63, 3.8) is 0 Å². The van der Waals surface area contributed by atoms with E-state index in [0.717, 1.165) is 11.1 Å². The molecule has 0 saturated heterocycles. The zero-order valence-corrected chi connectivity index (χ0v) is 22.6. The van der Waals surface area contributed by atoms with E-state index in [-0.39, 0.29) is 48.4 Å². The average molecular weight is 567 g/mol. The summed E-state index contributed by atoms with van der Waals surface area (Å²) in [5, 5.41) is 42.0. The second-order valence-electron chi connectivity index (χ2n) is 10.3. The van der Waals surface area contributed by atoms with E-state index in [0.29, 0.717) is 11.1 Å². The topological polar surface area (TPSA) is 139 Å². The highest BCUT2D eigenvalue weighted by Gasteiger charge is 2.33. The molecule has 4 N–H and O–H groups in total. The van der Waals surface area contributed by atoms with Crippen molar-refractivity contribution in [2.75, 3.05) is 0 Å². The van der Waals surface area contributed by atoms with Gasteiger partial charge in [0.05, 0.1) is 0 Å².